The number of carbonyl (C=O) groups is 4. The van der Waals surface area contributed by atoms with Crippen molar-refractivity contribution in [2.24, 2.45) is 5.73 Å². The summed E-state index contributed by atoms with van der Waals surface area (Å²) in [6.45, 7) is 1.70. The molecular weight excluding hydrogens is 294 g/mol. The number of rotatable bonds is 7. The minimum atomic E-state index is -1.31. The van der Waals surface area contributed by atoms with Gasteiger partial charge in [-0.05, 0) is 26.2 Å². The van der Waals surface area contributed by atoms with Crippen LogP contribution in [0.5, 0.6) is 0 Å². The highest BCUT2D eigenvalue weighted by atomic mass is 16.4. The van der Waals surface area contributed by atoms with Gasteiger partial charge in [0.05, 0.1) is 6.54 Å². The fourth-order valence-electron chi connectivity index (χ4n) is 2.55. The van der Waals surface area contributed by atoms with Gasteiger partial charge in [0.2, 0.25) is 11.8 Å². The Kier molecular flexibility index (Phi) is 5.86. The predicted octanol–water partition coefficient (Wildman–Crippen LogP) is -1.24. The lowest BCUT2D eigenvalue weighted by Crippen LogP contribution is -2.59. The molecule has 0 saturated carbocycles. The molecule has 5 N–H and O–H groups in total. The van der Waals surface area contributed by atoms with Crippen LogP contribution in [0.25, 0.3) is 0 Å². The number of carboxylic acids is 2. The minimum absolute atomic E-state index is 0.225. The van der Waals surface area contributed by atoms with Crippen LogP contribution in [-0.2, 0) is 19.2 Å². The smallest absolute Gasteiger partial charge is 0.326 e. The zero-order chi connectivity index (χ0) is 16.9. The Balaban J connectivity index is 2.81. The van der Waals surface area contributed by atoms with Crippen LogP contribution in [0, 0.1) is 0 Å². The normalized spacial score (nSPS) is 22.2. The van der Waals surface area contributed by atoms with Crippen molar-refractivity contribution in [3.05, 3.63) is 0 Å². The van der Waals surface area contributed by atoms with Crippen LogP contribution in [0.3, 0.4) is 0 Å². The van der Waals surface area contributed by atoms with Gasteiger partial charge in [-0.25, -0.2) is 4.79 Å². The van der Waals surface area contributed by atoms with Gasteiger partial charge in [-0.2, -0.15) is 0 Å². The molecule has 22 heavy (non-hydrogen) atoms. The molecule has 0 bridgehead atoms. The van der Waals surface area contributed by atoms with E-state index in [1.807, 2.05) is 0 Å². The van der Waals surface area contributed by atoms with E-state index in [-0.39, 0.29) is 25.3 Å². The highest BCUT2D eigenvalue weighted by Crippen LogP contribution is 2.29. The summed E-state index contributed by atoms with van der Waals surface area (Å²) >= 11 is 0. The standard InChI is InChI=1S/C13H21N3O6/c1-13(5-2-6-16(13)9(17)7-14)12(22)15-8(11(20)21)3-4-10(18)19/h8H,2-7,14H2,1H3,(H,15,22)(H,18,19)(H,20,21)/t8-,13?/m1/s1. The minimum Gasteiger partial charge on any atom is -0.481 e. The van der Waals surface area contributed by atoms with Gasteiger partial charge in [-0.1, -0.05) is 0 Å². The van der Waals surface area contributed by atoms with Crippen molar-refractivity contribution in [1.29, 1.82) is 0 Å². The van der Waals surface area contributed by atoms with Crippen LogP contribution in [0.15, 0.2) is 0 Å². The first-order valence-corrected chi connectivity index (χ1v) is 6.98. The number of aliphatic carboxylic acids is 2. The second kappa shape index (κ2) is 7.21. The predicted molar refractivity (Wildman–Crippen MR) is 74.8 cm³/mol. The molecule has 2 amide bonds. The van der Waals surface area contributed by atoms with E-state index in [1.165, 1.54) is 4.90 Å². The van der Waals surface area contributed by atoms with Crippen LogP contribution < -0.4 is 11.1 Å². The molecule has 1 saturated heterocycles. The summed E-state index contributed by atoms with van der Waals surface area (Å²) < 4.78 is 0. The van der Waals surface area contributed by atoms with E-state index >= 15 is 0 Å². The maximum atomic E-state index is 12.4. The van der Waals surface area contributed by atoms with E-state index in [4.69, 9.17) is 15.9 Å². The molecule has 0 aliphatic carbocycles. The third kappa shape index (κ3) is 3.94. The molecule has 1 heterocycles. The number of nitrogens with one attached hydrogen (secondary N) is 1. The zero-order valence-electron chi connectivity index (χ0n) is 12.4. The fourth-order valence-corrected chi connectivity index (χ4v) is 2.55. The summed E-state index contributed by atoms with van der Waals surface area (Å²) in [6, 6.07) is -1.31. The molecule has 1 unspecified atom stereocenters. The Morgan fingerprint density at radius 2 is 1.95 bits per heavy atom. The van der Waals surface area contributed by atoms with E-state index in [0.29, 0.717) is 19.4 Å². The first-order valence-electron chi connectivity index (χ1n) is 6.98. The molecule has 0 spiro atoms. The van der Waals surface area contributed by atoms with Crippen molar-refractivity contribution in [1.82, 2.24) is 10.2 Å². The molecule has 2 atom stereocenters. The van der Waals surface area contributed by atoms with E-state index in [9.17, 15) is 19.2 Å². The summed E-state index contributed by atoms with van der Waals surface area (Å²) in [4.78, 5) is 47.2. The Morgan fingerprint density at radius 1 is 1.32 bits per heavy atom. The number of hydrogen-bond acceptors (Lipinski definition) is 5. The van der Waals surface area contributed by atoms with Crippen LogP contribution in [0.4, 0.5) is 0 Å². The summed E-state index contributed by atoms with van der Waals surface area (Å²) in [6.07, 6.45) is 0.412. The van der Waals surface area contributed by atoms with E-state index in [1.54, 1.807) is 6.92 Å². The molecule has 0 aromatic rings. The average Bonchev–Trinajstić information content (AvgIpc) is 2.85. The Morgan fingerprint density at radius 3 is 2.45 bits per heavy atom. The first kappa shape index (κ1) is 17.9. The molecule has 9 nitrogen and oxygen atoms in total. The lowest BCUT2D eigenvalue weighted by molar-refractivity contribution is -0.147. The van der Waals surface area contributed by atoms with Crippen LogP contribution in [0.1, 0.15) is 32.6 Å². The topological polar surface area (TPSA) is 150 Å². The SMILES string of the molecule is CC1(C(=O)N[C@H](CCC(=O)O)C(=O)O)CCCN1C(=O)CN. The molecule has 1 fully saturated rings. The van der Waals surface area contributed by atoms with Crippen LogP contribution >= 0.6 is 0 Å². The lowest BCUT2D eigenvalue weighted by Gasteiger charge is -2.34. The summed E-state index contributed by atoms with van der Waals surface area (Å²) in [7, 11) is 0. The van der Waals surface area contributed by atoms with Gasteiger partial charge in [0, 0.05) is 13.0 Å². The third-order valence-corrected chi connectivity index (χ3v) is 3.86. The summed E-state index contributed by atoms with van der Waals surface area (Å²) in [5.41, 5.74) is 4.16. The molecule has 1 aliphatic heterocycles. The molecule has 9 heteroatoms. The van der Waals surface area contributed by atoms with Crippen molar-refractivity contribution >= 4 is 23.8 Å². The number of nitrogens with zero attached hydrogens (tertiary/aromatic N) is 1. The molecule has 1 aliphatic rings. The van der Waals surface area contributed by atoms with E-state index in [0.717, 1.165) is 0 Å². The summed E-state index contributed by atoms with van der Waals surface area (Å²) in [5.74, 6) is -3.45. The second-order valence-electron chi connectivity index (χ2n) is 5.42. The maximum absolute atomic E-state index is 12.4. The van der Waals surface area contributed by atoms with Crippen molar-refractivity contribution < 1.29 is 29.4 Å². The van der Waals surface area contributed by atoms with E-state index < -0.39 is 29.4 Å². The number of likely N-dealkylation sites (tertiary alicyclic amines) is 1. The molecule has 1 rings (SSSR count). The van der Waals surface area contributed by atoms with Gasteiger partial charge < -0.3 is 26.2 Å². The molecular formula is C13H21N3O6. The van der Waals surface area contributed by atoms with Gasteiger partial charge in [0.25, 0.3) is 0 Å². The molecule has 0 radical (unpaired) electrons. The largest absolute Gasteiger partial charge is 0.481 e. The van der Waals surface area contributed by atoms with Crippen LogP contribution in [0.2, 0.25) is 0 Å². The maximum Gasteiger partial charge on any atom is 0.326 e. The molecule has 0 aromatic carbocycles. The number of hydrogen-bond donors (Lipinski definition) is 4. The number of nitrogens with two attached hydrogens (primary N) is 1. The van der Waals surface area contributed by atoms with Crippen LogP contribution in [-0.4, -0.2) is 63.5 Å². The third-order valence-electron chi connectivity index (χ3n) is 3.86. The highest BCUT2D eigenvalue weighted by molar-refractivity contribution is 5.94. The molecule has 0 aromatic heterocycles. The Hall–Kier alpha value is -2.16. The van der Waals surface area contributed by atoms with Crippen molar-refractivity contribution in [2.45, 2.75) is 44.2 Å². The summed E-state index contributed by atoms with van der Waals surface area (Å²) in [5, 5.41) is 20.0. The fraction of sp³-hybridized carbons (Fsp3) is 0.692. The van der Waals surface area contributed by atoms with Gasteiger partial charge in [-0.3, -0.25) is 14.4 Å². The Bertz CT molecular complexity index is 480. The Labute approximate surface area is 127 Å². The number of amides is 2. The first-order chi connectivity index (χ1) is 10.2. The highest BCUT2D eigenvalue weighted by Gasteiger charge is 2.46. The monoisotopic (exact) mass is 315 g/mol. The number of carbonyl (C=O) groups excluding carboxylic acids is 2. The van der Waals surface area contributed by atoms with Gasteiger partial charge in [0.15, 0.2) is 0 Å². The molecule has 124 valence electrons. The van der Waals surface area contributed by atoms with Crippen molar-refractivity contribution in [3.8, 4) is 0 Å². The van der Waals surface area contributed by atoms with E-state index in [2.05, 4.69) is 5.32 Å². The van der Waals surface area contributed by atoms with Crippen molar-refractivity contribution in [3.63, 3.8) is 0 Å². The van der Waals surface area contributed by atoms with Gasteiger partial charge in [-0.15, -0.1) is 0 Å². The average molecular weight is 315 g/mol. The zero-order valence-corrected chi connectivity index (χ0v) is 12.4. The van der Waals surface area contributed by atoms with Gasteiger partial charge >= 0.3 is 11.9 Å². The lowest BCUT2D eigenvalue weighted by atomic mass is 9.96. The quantitative estimate of drug-likeness (QED) is 0.459. The van der Waals surface area contributed by atoms with Crippen molar-refractivity contribution in [2.75, 3.05) is 13.1 Å². The number of carboxylic acid groups (broad SMARTS) is 2. The second-order valence-corrected chi connectivity index (χ2v) is 5.42. The van der Waals surface area contributed by atoms with Gasteiger partial charge in [0.1, 0.15) is 11.6 Å².